The summed E-state index contributed by atoms with van der Waals surface area (Å²) in [6.07, 6.45) is 1.32. The highest BCUT2D eigenvalue weighted by Crippen LogP contribution is 2.28. The molecule has 2 heterocycles. The second kappa shape index (κ2) is 6.03. The van der Waals surface area contributed by atoms with Crippen LogP contribution in [0.5, 0.6) is 0 Å². The average Bonchev–Trinajstić information content (AvgIpc) is 2.42. The fraction of sp³-hybridized carbons (Fsp3) is 0.545. The summed E-state index contributed by atoms with van der Waals surface area (Å²) in [5.41, 5.74) is 5.65. The third-order valence-corrected chi connectivity index (χ3v) is 3.22. The van der Waals surface area contributed by atoms with Crippen LogP contribution in [0.15, 0.2) is 6.33 Å². The fourth-order valence-corrected chi connectivity index (χ4v) is 2.12. The summed E-state index contributed by atoms with van der Waals surface area (Å²) in [5, 5.41) is 0.321. The number of rotatable bonds is 3. The molecule has 0 amide bonds. The van der Waals surface area contributed by atoms with Crippen molar-refractivity contribution in [3.63, 3.8) is 0 Å². The van der Waals surface area contributed by atoms with E-state index in [2.05, 4.69) is 14.7 Å². The number of nitrogens with two attached hydrogens (primary N) is 1. The van der Waals surface area contributed by atoms with Gasteiger partial charge >= 0.3 is 5.97 Å². The molecule has 2 N–H and O–H groups in total. The predicted octanol–water partition coefficient (Wildman–Crippen LogP) is 0.480. The predicted molar refractivity (Wildman–Crippen MR) is 70.0 cm³/mol. The van der Waals surface area contributed by atoms with Gasteiger partial charge in [0.25, 0.3) is 0 Å². The summed E-state index contributed by atoms with van der Waals surface area (Å²) in [4.78, 5) is 21.1. The highest BCUT2D eigenvalue weighted by molar-refractivity contribution is 6.35. The smallest absolute Gasteiger partial charge is 0.308 e. The van der Waals surface area contributed by atoms with Gasteiger partial charge in [-0.05, 0) is 0 Å². The van der Waals surface area contributed by atoms with Crippen molar-refractivity contribution in [1.82, 2.24) is 9.97 Å². The monoisotopic (exact) mass is 286 g/mol. The first kappa shape index (κ1) is 13.8. The Hall–Kier alpha value is -1.60. The van der Waals surface area contributed by atoms with Gasteiger partial charge in [0, 0.05) is 13.1 Å². The molecule has 0 radical (unpaired) electrons. The molecular formula is C11H15ClN4O3. The van der Waals surface area contributed by atoms with E-state index in [0.29, 0.717) is 30.5 Å². The van der Waals surface area contributed by atoms with E-state index in [1.54, 1.807) is 0 Å². The lowest BCUT2D eigenvalue weighted by Crippen LogP contribution is -2.44. The zero-order valence-corrected chi connectivity index (χ0v) is 11.3. The third-order valence-electron chi connectivity index (χ3n) is 2.86. The van der Waals surface area contributed by atoms with E-state index in [0.717, 1.165) is 0 Å². The number of hydrogen-bond donors (Lipinski definition) is 1. The van der Waals surface area contributed by atoms with Crippen LogP contribution in [0.3, 0.4) is 0 Å². The van der Waals surface area contributed by atoms with Crippen LogP contribution in [0.1, 0.15) is 6.42 Å². The molecule has 0 aromatic carbocycles. The fourth-order valence-electron chi connectivity index (χ4n) is 1.90. The first-order chi connectivity index (χ1) is 9.11. The van der Waals surface area contributed by atoms with Crippen molar-refractivity contribution in [2.45, 2.75) is 12.5 Å². The molecule has 0 saturated carbocycles. The standard InChI is InChI=1S/C11H15ClN4O3/c1-18-8(17)4-7-5-16(2-3-19-7)11-9(12)10(13)14-6-15-11/h6-7H,2-5H2,1H3,(H2,13,14,15). The Bertz CT molecular complexity index is 471. The lowest BCUT2D eigenvalue weighted by molar-refractivity contribution is -0.144. The number of nitrogen functional groups attached to an aromatic ring is 1. The number of ether oxygens (including phenoxy) is 2. The van der Waals surface area contributed by atoms with Gasteiger partial charge in [0.1, 0.15) is 17.2 Å². The highest BCUT2D eigenvalue weighted by atomic mass is 35.5. The Morgan fingerprint density at radius 2 is 2.47 bits per heavy atom. The number of anilines is 2. The van der Waals surface area contributed by atoms with E-state index >= 15 is 0 Å². The molecule has 0 bridgehead atoms. The van der Waals surface area contributed by atoms with Gasteiger partial charge in [-0.2, -0.15) is 0 Å². The second-order valence-corrected chi connectivity index (χ2v) is 4.49. The van der Waals surface area contributed by atoms with Crippen molar-refractivity contribution in [3.8, 4) is 0 Å². The van der Waals surface area contributed by atoms with Crippen LogP contribution in [0.2, 0.25) is 5.02 Å². The Labute approximate surface area is 115 Å². The van der Waals surface area contributed by atoms with E-state index in [-0.39, 0.29) is 24.3 Å². The van der Waals surface area contributed by atoms with E-state index < -0.39 is 0 Å². The van der Waals surface area contributed by atoms with E-state index in [1.165, 1.54) is 13.4 Å². The average molecular weight is 287 g/mol. The number of hydrogen-bond acceptors (Lipinski definition) is 7. The Morgan fingerprint density at radius 1 is 1.68 bits per heavy atom. The molecule has 1 atom stereocenters. The topological polar surface area (TPSA) is 90.6 Å². The van der Waals surface area contributed by atoms with E-state index in [4.69, 9.17) is 22.1 Å². The van der Waals surface area contributed by atoms with E-state index in [9.17, 15) is 4.79 Å². The van der Waals surface area contributed by atoms with E-state index in [1.807, 2.05) is 4.90 Å². The van der Waals surface area contributed by atoms with Gasteiger partial charge in [0.15, 0.2) is 5.82 Å². The molecule has 104 valence electrons. The zero-order valence-electron chi connectivity index (χ0n) is 10.5. The number of carbonyl (C=O) groups is 1. The van der Waals surface area contributed by atoms with Crippen molar-refractivity contribution in [1.29, 1.82) is 0 Å². The summed E-state index contributed by atoms with van der Waals surface area (Å²) >= 11 is 6.08. The minimum atomic E-state index is -0.305. The lowest BCUT2D eigenvalue weighted by atomic mass is 10.2. The van der Waals surface area contributed by atoms with Crippen LogP contribution in [-0.4, -0.2) is 48.8 Å². The summed E-state index contributed by atoms with van der Waals surface area (Å²) in [6, 6.07) is 0. The first-order valence-electron chi connectivity index (χ1n) is 5.81. The summed E-state index contributed by atoms with van der Waals surface area (Å²) in [7, 11) is 1.35. The quantitative estimate of drug-likeness (QED) is 0.808. The van der Waals surface area contributed by atoms with Crippen molar-refractivity contribution < 1.29 is 14.3 Å². The number of nitrogens with zero attached hydrogens (tertiary/aromatic N) is 3. The largest absolute Gasteiger partial charge is 0.469 e. The number of morpholine rings is 1. The van der Waals surface area contributed by atoms with Gasteiger partial charge in [-0.1, -0.05) is 11.6 Å². The first-order valence-corrected chi connectivity index (χ1v) is 6.19. The maximum Gasteiger partial charge on any atom is 0.308 e. The molecule has 1 saturated heterocycles. The molecule has 7 nitrogen and oxygen atoms in total. The molecule has 1 aromatic rings. The molecule has 1 unspecified atom stereocenters. The van der Waals surface area contributed by atoms with Crippen molar-refractivity contribution in [2.75, 3.05) is 37.4 Å². The van der Waals surface area contributed by atoms with Crippen LogP contribution in [0.25, 0.3) is 0 Å². The normalized spacial score (nSPS) is 19.3. The van der Waals surface area contributed by atoms with Gasteiger partial charge in [-0.3, -0.25) is 4.79 Å². The number of aromatic nitrogens is 2. The maximum absolute atomic E-state index is 11.3. The molecule has 0 aliphatic carbocycles. The Morgan fingerprint density at radius 3 is 3.21 bits per heavy atom. The minimum Gasteiger partial charge on any atom is -0.469 e. The molecular weight excluding hydrogens is 272 g/mol. The van der Waals surface area contributed by atoms with Gasteiger partial charge in [0.2, 0.25) is 0 Å². The molecule has 1 aromatic heterocycles. The molecule has 0 spiro atoms. The molecule has 1 aliphatic rings. The van der Waals surface area contributed by atoms with Gasteiger partial charge in [-0.15, -0.1) is 0 Å². The summed E-state index contributed by atoms with van der Waals surface area (Å²) in [5.74, 6) is 0.496. The second-order valence-electron chi connectivity index (χ2n) is 4.12. The molecule has 1 aliphatic heterocycles. The van der Waals surface area contributed by atoms with Gasteiger partial charge < -0.3 is 20.1 Å². The minimum absolute atomic E-state index is 0.200. The number of methoxy groups -OCH3 is 1. The number of carbonyl (C=O) groups excluding carboxylic acids is 1. The third kappa shape index (κ3) is 3.24. The SMILES string of the molecule is COC(=O)CC1CN(c2ncnc(N)c2Cl)CCO1. The molecule has 2 rings (SSSR count). The van der Waals surface area contributed by atoms with Crippen molar-refractivity contribution >= 4 is 29.2 Å². The molecule has 19 heavy (non-hydrogen) atoms. The highest BCUT2D eigenvalue weighted by Gasteiger charge is 2.25. The lowest BCUT2D eigenvalue weighted by Gasteiger charge is -2.33. The van der Waals surface area contributed by atoms with Gasteiger partial charge in [0.05, 0.1) is 26.2 Å². The molecule has 1 fully saturated rings. The Kier molecular flexibility index (Phi) is 4.39. The van der Waals surface area contributed by atoms with Crippen molar-refractivity contribution in [3.05, 3.63) is 11.3 Å². The zero-order chi connectivity index (χ0) is 13.8. The van der Waals surface area contributed by atoms with Crippen LogP contribution in [0, 0.1) is 0 Å². The molecule has 8 heteroatoms. The summed E-state index contributed by atoms with van der Waals surface area (Å²) in [6.45, 7) is 1.63. The number of halogens is 1. The van der Waals surface area contributed by atoms with Crippen LogP contribution >= 0.6 is 11.6 Å². The van der Waals surface area contributed by atoms with Crippen LogP contribution in [0.4, 0.5) is 11.6 Å². The maximum atomic E-state index is 11.3. The number of esters is 1. The summed E-state index contributed by atoms with van der Waals surface area (Å²) < 4.78 is 10.1. The van der Waals surface area contributed by atoms with Crippen LogP contribution < -0.4 is 10.6 Å². The van der Waals surface area contributed by atoms with Gasteiger partial charge in [-0.25, -0.2) is 9.97 Å². The van der Waals surface area contributed by atoms with Crippen molar-refractivity contribution in [2.24, 2.45) is 0 Å². The van der Waals surface area contributed by atoms with Crippen LogP contribution in [-0.2, 0) is 14.3 Å². The Balaban J connectivity index is 2.08.